The molecule has 162 valence electrons. The molecule has 0 aromatic heterocycles. The van der Waals surface area contributed by atoms with Crippen LogP contribution in [0.25, 0.3) is 0 Å². The van der Waals surface area contributed by atoms with Gasteiger partial charge in [-0.15, -0.1) is 0 Å². The number of hydrogen-bond donors (Lipinski definition) is 2. The molecule has 0 heterocycles. The van der Waals surface area contributed by atoms with Crippen molar-refractivity contribution in [3.05, 3.63) is 64.7 Å². The lowest BCUT2D eigenvalue weighted by Gasteiger charge is -2.25. The zero-order valence-electron chi connectivity index (χ0n) is 17.9. The smallest absolute Gasteiger partial charge is 0.229 e. The van der Waals surface area contributed by atoms with Crippen LogP contribution >= 0.6 is 0 Å². The van der Waals surface area contributed by atoms with Gasteiger partial charge in [0.25, 0.3) is 0 Å². The Kier molecular flexibility index (Phi) is 6.17. The molecule has 0 radical (unpaired) electrons. The van der Waals surface area contributed by atoms with E-state index in [0.29, 0.717) is 11.6 Å². The van der Waals surface area contributed by atoms with Crippen molar-refractivity contribution in [2.75, 3.05) is 5.32 Å². The molecule has 1 aliphatic carbocycles. The van der Waals surface area contributed by atoms with Gasteiger partial charge in [0.05, 0.1) is 16.7 Å². The molecule has 0 saturated heterocycles. The zero-order chi connectivity index (χ0) is 22.8. The van der Waals surface area contributed by atoms with Crippen molar-refractivity contribution >= 4 is 17.5 Å². The second-order valence-electron chi connectivity index (χ2n) is 9.00. The molecule has 3 N–H and O–H groups in total. The molecule has 2 aromatic rings. The summed E-state index contributed by atoms with van der Waals surface area (Å²) in [6, 6.07) is 8.97. The van der Waals surface area contributed by atoms with E-state index in [9.17, 15) is 18.4 Å². The maximum atomic E-state index is 14.4. The highest BCUT2D eigenvalue weighted by molar-refractivity contribution is 5.95. The second kappa shape index (κ2) is 8.50. The number of nitrogens with one attached hydrogen (secondary N) is 1. The Morgan fingerprint density at radius 3 is 2.19 bits per heavy atom. The van der Waals surface area contributed by atoms with Crippen LogP contribution in [0.2, 0.25) is 0 Å². The average Bonchev–Trinajstić information content (AvgIpc) is 3.19. The van der Waals surface area contributed by atoms with Gasteiger partial charge in [0.15, 0.2) is 5.82 Å². The molecule has 2 amide bonds. The van der Waals surface area contributed by atoms with Gasteiger partial charge in [-0.3, -0.25) is 9.59 Å². The summed E-state index contributed by atoms with van der Waals surface area (Å²) in [5.41, 5.74) is 5.66. The lowest BCUT2D eigenvalue weighted by atomic mass is 9.78. The van der Waals surface area contributed by atoms with Gasteiger partial charge in [-0.25, -0.2) is 8.78 Å². The van der Waals surface area contributed by atoms with E-state index in [1.807, 2.05) is 12.1 Å². The molecule has 0 unspecified atom stereocenters. The van der Waals surface area contributed by atoms with E-state index in [0.717, 1.165) is 37.3 Å². The van der Waals surface area contributed by atoms with Crippen molar-refractivity contribution in [1.82, 2.24) is 0 Å². The Bertz CT molecular complexity index is 1070. The van der Waals surface area contributed by atoms with Crippen molar-refractivity contribution < 1.29 is 18.4 Å². The van der Waals surface area contributed by atoms with Crippen LogP contribution in [-0.4, -0.2) is 11.8 Å². The molecule has 3 rings (SSSR count). The van der Waals surface area contributed by atoms with Gasteiger partial charge in [0, 0.05) is 17.0 Å². The number of amides is 2. The summed E-state index contributed by atoms with van der Waals surface area (Å²) in [4.78, 5) is 24.4. The second-order valence-corrected chi connectivity index (χ2v) is 9.00. The first kappa shape index (κ1) is 22.5. The molecule has 0 atom stereocenters. The van der Waals surface area contributed by atoms with E-state index in [1.54, 1.807) is 32.9 Å². The zero-order valence-corrected chi connectivity index (χ0v) is 17.9. The summed E-state index contributed by atoms with van der Waals surface area (Å²) in [6.07, 6.45) is 3.37. The summed E-state index contributed by atoms with van der Waals surface area (Å²) in [5.74, 6) is 3.24. The monoisotopic (exact) mass is 424 g/mol. The SMILES string of the molecule is CC(C)(C)C(=O)Nc1c(F)cc(F)cc1C#Cc1ccc(C2(C(N)=O)CCCC2)cc1. The molecule has 1 fully saturated rings. The number of nitrogens with two attached hydrogens (primary N) is 1. The number of benzene rings is 2. The van der Waals surface area contributed by atoms with Gasteiger partial charge in [-0.05, 0) is 36.6 Å². The van der Waals surface area contributed by atoms with Crippen LogP contribution in [0.3, 0.4) is 0 Å². The van der Waals surface area contributed by atoms with Crippen molar-refractivity contribution in [3.63, 3.8) is 0 Å². The molecule has 6 heteroatoms. The largest absolute Gasteiger partial charge is 0.369 e. The van der Waals surface area contributed by atoms with E-state index in [4.69, 9.17) is 5.73 Å². The fraction of sp³-hybridized carbons (Fsp3) is 0.360. The standard InChI is InChI=1S/C25H26F2N2O2/c1-24(2,3)23(31)29-21-17(14-19(26)15-20(21)27)9-6-16-7-10-18(11-8-16)25(22(28)30)12-4-5-13-25/h7-8,10-11,14-15H,4-5,12-13H2,1-3H3,(H2,28,30)(H,29,31). The summed E-state index contributed by atoms with van der Waals surface area (Å²) in [5, 5.41) is 2.51. The average molecular weight is 424 g/mol. The predicted octanol–water partition coefficient (Wildman–Crippen LogP) is 4.65. The van der Waals surface area contributed by atoms with Gasteiger partial charge in [0.1, 0.15) is 5.82 Å². The van der Waals surface area contributed by atoms with Crippen LogP contribution in [0.5, 0.6) is 0 Å². The molecule has 0 aliphatic heterocycles. The highest BCUT2D eigenvalue weighted by Crippen LogP contribution is 2.40. The van der Waals surface area contributed by atoms with Gasteiger partial charge in [-0.2, -0.15) is 0 Å². The van der Waals surface area contributed by atoms with Crippen LogP contribution in [0, 0.1) is 28.9 Å². The third-order valence-electron chi connectivity index (χ3n) is 5.68. The van der Waals surface area contributed by atoms with E-state index < -0.39 is 28.4 Å². The van der Waals surface area contributed by atoms with Crippen LogP contribution < -0.4 is 11.1 Å². The Balaban J connectivity index is 1.92. The normalized spacial score (nSPS) is 15.1. The first-order valence-corrected chi connectivity index (χ1v) is 10.3. The van der Waals surface area contributed by atoms with E-state index >= 15 is 0 Å². The molecule has 0 bridgehead atoms. The number of carbonyl (C=O) groups is 2. The Morgan fingerprint density at radius 1 is 1.03 bits per heavy atom. The van der Waals surface area contributed by atoms with Crippen LogP contribution in [0.1, 0.15) is 63.1 Å². The Morgan fingerprint density at radius 2 is 1.65 bits per heavy atom. The molecule has 4 nitrogen and oxygen atoms in total. The number of halogens is 2. The summed E-state index contributed by atoms with van der Waals surface area (Å²) >= 11 is 0. The topological polar surface area (TPSA) is 72.2 Å². The first-order valence-electron chi connectivity index (χ1n) is 10.3. The number of carbonyl (C=O) groups excluding carboxylic acids is 2. The van der Waals surface area contributed by atoms with E-state index in [1.165, 1.54) is 0 Å². The maximum Gasteiger partial charge on any atom is 0.229 e. The molecule has 1 aliphatic rings. The molecular weight excluding hydrogens is 398 g/mol. The highest BCUT2D eigenvalue weighted by Gasteiger charge is 2.40. The minimum Gasteiger partial charge on any atom is -0.369 e. The minimum atomic E-state index is -0.887. The first-order chi connectivity index (χ1) is 14.5. The number of rotatable bonds is 3. The fourth-order valence-corrected chi connectivity index (χ4v) is 3.77. The summed E-state index contributed by atoms with van der Waals surface area (Å²) < 4.78 is 28.1. The van der Waals surface area contributed by atoms with Gasteiger partial charge in [-0.1, -0.05) is 57.6 Å². The lowest BCUT2D eigenvalue weighted by molar-refractivity contribution is -0.124. The molecular formula is C25H26F2N2O2. The Hall–Kier alpha value is -3.20. The van der Waals surface area contributed by atoms with E-state index in [-0.39, 0.29) is 17.2 Å². The molecule has 31 heavy (non-hydrogen) atoms. The predicted molar refractivity (Wildman–Crippen MR) is 116 cm³/mol. The van der Waals surface area contributed by atoms with Crippen molar-refractivity contribution in [2.24, 2.45) is 11.1 Å². The summed E-state index contributed by atoms with van der Waals surface area (Å²) in [7, 11) is 0. The van der Waals surface area contributed by atoms with Gasteiger partial charge >= 0.3 is 0 Å². The van der Waals surface area contributed by atoms with Crippen LogP contribution in [0.15, 0.2) is 36.4 Å². The third-order valence-corrected chi connectivity index (χ3v) is 5.68. The minimum absolute atomic E-state index is 0.0450. The summed E-state index contributed by atoms with van der Waals surface area (Å²) in [6.45, 7) is 5.08. The maximum absolute atomic E-state index is 14.4. The third kappa shape index (κ3) is 4.77. The number of hydrogen-bond acceptors (Lipinski definition) is 2. The van der Waals surface area contributed by atoms with Crippen molar-refractivity contribution in [1.29, 1.82) is 0 Å². The molecule has 2 aromatic carbocycles. The van der Waals surface area contributed by atoms with Crippen molar-refractivity contribution in [3.8, 4) is 11.8 Å². The van der Waals surface area contributed by atoms with Crippen molar-refractivity contribution in [2.45, 2.75) is 51.9 Å². The quantitative estimate of drug-likeness (QED) is 0.705. The fourth-order valence-electron chi connectivity index (χ4n) is 3.77. The van der Waals surface area contributed by atoms with Gasteiger partial charge < -0.3 is 11.1 Å². The Labute approximate surface area is 181 Å². The highest BCUT2D eigenvalue weighted by atomic mass is 19.1. The van der Waals surface area contributed by atoms with Crippen LogP contribution in [0.4, 0.5) is 14.5 Å². The van der Waals surface area contributed by atoms with Gasteiger partial charge in [0.2, 0.25) is 11.8 Å². The molecule has 1 saturated carbocycles. The number of anilines is 1. The van der Waals surface area contributed by atoms with Crippen LogP contribution in [-0.2, 0) is 15.0 Å². The molecule has 0 spiro atoms. The van der Waals surface area contributed by atoms with E-state index in [2.05, 4.69) is 17.2 Å². The number of primary amides is 1. The lowest BCUT2D eigenvalue weighted by Crippen LogP contribution is -2.38.